The number of tetrazole rings is 1. The van der Waals surface area contributed by atoms with Gasteiger partial charge in [0, 0.05) is 6.42 Å². The third-order valence-electron chi connectivity index (χ3n) is 2.81. The van der Waals surface area contributed by atoms with Gasteiger partial charge in [0.25, 0.3) is 0 Å². The van der Waals surface area contributed by atoms with E-state index in [1.807, 2.05) is 7.05 Å². The predicted molar refractivity (Wildman–Crippen MR) is 73.2 cm³/mol. The van der Waals surface area contributed by atoms with E-state index in [2.05, 4.69) is 48.4 Å². The second-order valence-corrected chi connectivity index (χ2v) is 5.95. The number of nitrogens with one attached hydrogen (secondary N) is 1. The molecule has 1 atom stereocenters. The quantitative estimate of drug-likeness (QED) is 0.765. The van der Waals surface area contributed by atoms with Crippen LogP contribution in [-0.4, -0.2) is 33.3 Å². The van der Waals surface area contributed by atoms with Gasteiger partial charge in [-0.15, -0.1) is 10.2 Å². The van der Waals surface area contributed by atoms with Gasteiger partial charge in [0.2, 0.25) is 0 Å². The van der Waals surface area contributed by atoms with Crippen molar-refractivity contribution >= 4 is 0 Å². The molecule has 1 rings (SSSR count). The topological polar surface area (TPSA) is 55.6 Å². The molecule has 0 saturated heterocycles. The van der Waals surface area contributed by atoms with Crippen LogP contribution in [0.2, 0.25) is 0 Å². The van der Waals surface area contributed by atoms with E-state index in [4.69, 9.17) is 0 Å². The van der Waals surface area contributed by atoms with Crippen LogP contribution >= 0.6 is 0 Å². The van der Waals surface area contributed by atoms with Crippen LogP contribution in [0.3, 0.4) is 0 Å². The van der Waals surface area contributed by atoms with Gasteiger partial charge in [-0.05, 0) is 42.5 Å². The number of rotatable bonds is 8. The maximum absolute atomic E-state index is 4.27. The first kappa shape index (κ1) is 15.1. The molecule has 0 spiro atoms. The second-order valence-electron chi connectivity index (χ2n) is 5.95. The van der Waals surface area contributed by atoms with Crippen molar-refractivity contribution in [3.05, 3.63) is 5.82 Å². The predicted octanol–water partition coefficient (Wildman–Crippen LogP) is 1.66. The van der Waals surface area contributed by atoms with Crippen molar-refractivity contribution in [1.82, 2.24) is 25.5 Å². The Morgan fingerprint density at radius 2 is 1.83 bits per heavy atom. The van der Waals surface area contributed by atoms with Crippen molar-refractivity contribution in [2.75, 3.05) is 13.1 Å². The molecular weight excluding hydrogens is 226 g/mol. The minimum atomic E-state index is 0.591. The summed E-state index contributed by atoms with van der Waals surface area (Å²) in [6.07, 6.45) is 2.11. The second kappa shape index (κ2) is 7.46. The molecule has 1 aromatic rings. The van der Waals surface area contributed by atoms with E-state index >= 15 is 0 Å². The first-order valence-corrected chi connectivity index (χ1v) is 6.91. The minimum absolute atomic E-state index is 0.591. The first-order chi connectivity index (χ1) is 8.47. The molecule has 0 bridgehead atoms. The van der Waals surface area contributed by atoms with Crippen LogP contribution in [0.1, 0.15) is 39.9 Å². The summed E-state index contributed by atoms with van der Waals surface area (Å²) >= 11 is 0. The lowest BCUT2D eigenvalue weighted by Gasteiger charge is -2.19. The molecule has 1 unspecified atom stereocenters. The molecule has 5 nitrogen and oxygen atoms in total. The number of nitrogens with zero attached hydrogens (tertiary/aromatic N) is 4. The molecule has 0 aliphatic rings. The van der Waals surface area contributed by atoms with Gasteiger partial charge >= 0.3 is 0 Å². The molecule has 1 aromatic heterocycles. The zero-order valence-electron chi connectivity index (χ0n) is 12.3. The Hall–Kier alpha value is -0.970. The van der Waals surface area contributed by atoms with Crippen LogP contribution in [0.5, 0.6) is 0 Å². The van der Waals surface area contributed by atoms with Gasteiger partial charge in [-0.2, -0.15) is 4.80 Å². The van der Waals surface area contributed by atoms with Crippen LogP contribution in [0, 0.1) is 17.8 Å². The molecule has 0 aromatic carbocycles. The van der Waals surface area contributed by atoms with Crippen molar-refractivity contribution in [2.45, 2.75) is 40.5 Å². The normalized spacial score (nSPS) is 13.5. The Balaban J connectivity index is 2.44. The minimum Gasteiger partial charge on any atom is -0.316 e. The van der Waals surface area contributed by atoms with Crippen LogP contribution in [0.4, 0.5) is 0 Å². The number of hydrogen-bond acceptors (Lipinski definition) is 4. The standard InChI is InChI=1S/C13H27N5/c1-10(2)6-12(9-14-8-11(3)4)7-13-15-17-18(5)16-13/h10-12,14H,6-9H2,1-5H3. The molecule has 0 saturated carbocycles. The average Bonchev–Trinajstić information content (AvgIpc) is 2.62. The van der Waals surface area contributed by atoms with Crippen molar-refractivity contribution in [3.8, 4) is 0 Å². The van der Waals surface area contributed by atoms with Gasteiger partial charge in [0.1, 0.15) is 0 Å². The lowest BCUT2D eigenvalue weighted by Crippen LogP contribution is -2.28. The summed E-state index contributed by atoms with van der Waals surface area (Å²) in [5.41, 5.74) is 0. The summed E-state index contributed by atoms with van der Waals surface area (Å²) in [5.74, 6) is 2.84. The summed E-state index contributed by atoms with van der Waals surface area (Å²) in [6.45, 7) is 11.1. The molecule has 0 aliphatic carbocycles. The molecule has 0 amide bonds. The van der Waals surface area contributed by atoms with Gasteiger partial charge in [-0.25, -0.2) is 0 Å². The molecular formula is C13H27N5. The molecule has 0 aliphatic heterocycles. The highest BCUT2D eigenvalue weighted by molar-refractivity contribution is 4.82. The molecule has 5 heteroatoms. The van der Waals surface area contributed by atoms with E-state index in [9.17, 15) is 0 Å². The maximum atomic E-state index is 4.27. The van der Waals surface area contributed by atoms with Crippen LogP contribution in [0.15, 0.2) is 0 Å². The monoisotopic (exact) mass is 253 g/mol. The molecule has 0 radical (unpaired) electrons. The Kier molecular flexibility index (Phi) is 6.25. The molecule has 1 heterocycles. The summed E-state index contributed by atoms with van der Waals surface area (Å²) in [4.78, 5) is 1.53. The highest BCUT2D eigenvalue weighted by Crippen LogP contribution is 2.14. The number of aromatic nitrogens is 4. The Labute approximate surface area is 110 Å². The smallest absolute Gasteiger partial charge is 0.175 e. The highest BCUT2D eigenvalue weighted by atomic mass is 15.6. The lowest BCUT2D eigenvalue weighted by atomic mass is 9.93. The van der Waals surface area contributed by atoms with Crippen molar-refractivity contribution in [1.29, 1.82) is 0 Å². The number of hydrogen-bond donors (Lipinski definition) is 1. The summed E-state index contributed by atoms with van der Waals surface area (Å²) in [5, 5.41) is 15.8. The van der Waals surface area contributed by atoms with Crippen molar-refractivity contribution in [3.63, 3.8) is 0 Å². The van der Waals surface area contributed by atoms with Gasteiger partial charge < -0.3 is 5.32 Å². The Bertz CT molecular complexity index is 332. The fourth-order valence-corrected chi connectivity index (χ4v) is 2.14. The van der Waals surface area contributed by atoms with E-state index in [-0.39, 0.29) is 0 Å². The third kappa shape index (κ3) is 6.10. The molecule has 18 heavy (non-hydrogen) atoms. The fraction of sp³-hybridized carbons (Fsp3) is 0.923. The van der Waals surface area contributed by atoms with Crippen LogP contribution < -0.4 is 5.32 Å². The van der Waals surface area contributed by atoms with E-state index in [1.54, 1.807) is 0 Å². The average molecular weight is 253 g/mol. The van der Waals surface area contributed by atoms with E-state index in [0.717, 1.165) is 25.3 Å². The van der Waals surface area contributed by atoms with Gasteiger partial charge in [-0.1, -0.05) is 27.7 Å². The fourth-order valence-electron chi connectivity index (χ4n) is 2.14. The zero-order chi connectivity index (χ0) is 13.5. The lowest BCUT2D eigenvalue weighted by molar-refractivity contribution is 0.371. The molecule has 104 valence electrons. The third-order valence-corrected chi connectivity index (χ3v) is 2.81. The van der Waals surface area contributed by atoms with Crippen LogP contribution in [-0.2, 0) is 13.5 Å². The van der Waals surface area contributed by atoms with Crippen molar-refractivity contribution in [2.24, 2.45) is 24.8 Å². The van der Waals surface area contributed by atoms with E-state index in [1.165, 1.54) is 11.2 Å². The Morgan fingerprint density at radius 3 is 2.33 bits per heavy atom. The van der Waals surface area contributed by atoms with Crippen LogP contribution in [0.25, 0.3) is 0 Å². The molecule has 0 fully saturated rings. The molecule has 1 N–H and O–H groups in total. The maximum Gasteiger partial charge on any atom is 0.175 e. The highest BCUT2D eigenvalue weighted by Gasteiger charge is 2.14. The van der Waals surface area contributed by atoms with Gasteiger partial charge in [-0.3, -0.25) is 0 Å². The Morgan fingerprint density at radius 1 is 1.11 bits per heavy atom. The SMILES string of the molecule is CC(C)CNCC(Cc1nnn(C)n1)CC(C)C. The first-order valence-electron chi connectivity index (χ1n) is 6.91. The van der Waals surface area contributed by atoms with Gasteiger partial charge in [0.05, 0.1) is 7.05 Å². The summed E-state index contributed by atoms with van der Waals surface area (Å²) < 4.78 is 0. The number of aryl methyl sites for hydroxylation is 1. The van der Waals surface area contributed by atoms with E-state index in [0.29, 0.717) is 17.8 Å². The van der Waals surface area contributed by atoms with Crippen molar-refractivity contribution < 1.29 is 0 Å². The largest absolute Gasteiger partial charge is 0.316 e. The summed E-state index contributed by atoms with van der Waals surface area (Å²) in [6, 6.07) is 0. The summed E-state index contributed by atoms with van der Waals surface area (Å²) in [7, 11) is 1.81. The van der Waals surface area contributed by atoms with E-state index < -0.39 is 0 Å². The van der Waals surface area contributed by atoms with Gasteiger partial charge in [0.15, 0.2) is 5.82 Å². The zero-order valence-corrected chi connectivity index (χ0v) is 12.3.